The molecule has 2 aromatic carbocycles. The number of hydrogen-bond acceptors (Lipinski definition) is 4. The molecule has 0 aliphatic rings. The van der Waals surface area contributed by atoms with Crippen LogP contribution in [0.5, 0.6) is 5.75 Å². The van der Waals surface area contributed by atoms with E-state index in [0.717, 1.165) is 5.75 Å². The summed E-state index contributed by atoms with van der Waals surface area (Å²) in [4.78, 5) is 11.5. The first-order chi connectivity index (χ1) is 12.4. The number of rotatable bonds is 7. The molecule has 2 rings (SSSR count). The van der Waals surface area contributed by atoms with Crippen LogP contribution in [0.4, 0.5) is 11.4 Å². The van der Waals surface area contributed by atoms with Crippen molar-refractivity contribution in [2.75, 3.05) is 33.1 Å². The Labute approximate surface area is 158 Å². The number of ether oxygens (including phenoxy) is 1. The van der Waals surface area contributed by atoms with Crippen molar-refractivity contribution < 1.29 is 14.6 Å². The van der Waals surface area contributed by atoms with Crippen LogP contribution < -0.4 is 20.3 Å². The maximum absolute atomic E-state index is 10.7. The highest BCUT2D eigenvalue weighted by atomic mass is 32.1. The van der Waals surface area contributed by atoms with E-state index >= 15 is 0 Å². The smallest absolute Gasteiger partial charge is 0.269 e. The van der Waals surface area contributed by atoms with Crippen molar-refractivity contribution >= 4 is 28.7 Å². The Morgan fingerprint density at radius 3 is 2.31 bits per heavy atom. The third-order valence-corrected chi connectivity index (χ3v) is 4.26. The second-order valence-corrected chi connectivity index (χ2v) is 6.45. The standard InChI is InChI=1S/C18H22N4O3S/c1-21(2)17(13-4-10-16(25-3)11-5-13)12-19-18(26)20-14-6-8-15(9-7-14)22(23)24/h4-11,17H,12H2,1-3H3,(H2,19,20,26)/p+1/t17-/m1/s1. The van der Waals surface area contributed by atoms with Gasteiger partial charge in [-0.15, -0.1) is 0 Å². The summed E-state index contributed by atoms with van der Waals surface area (Å²) in [5, 5.41) is 17.4. The predicted molar refractivity (Wildman–Crippen MR) is 106 cm³/mol. The van der Waals surface area contributed by atoms with Crippen molar-refractivity contribution in [3.05, 3.63) is 64.2 Å². The van der Waals surface area contributed by atoms with E-state index < -0.39 is 4.92 Å². The summed E-state index contributed by atoms with van der Waals surface area (Å²) in [6.07, 6.45) is 0. The summed E-state index contributed by atoms with van der Waals surface area (Å²) in [5.41, 5.74) is 1.92. The molecule has 0 fully saturated rings. The molecule has 0 saturated carbocycles. The fraction of sp³-hybridized carbons (Fsp3) is 0.278. The number of methoxy groups -OCH3 is 1. The van der Waals surface area contributed by atoms with Crippen LogP contribution in [0.2, 0.25) is 0 Å². The maximum Gasteiger partial charge on any atom is 0.269 e. The lowest BCUT2D eigenvalue weighted by Gasteiger charge is -2.23. The number of anilines is 1. The molecule has 0 spiro atoms. The quantitative estimate of drug-likeness (QED) is 0.389. The van der Waals surface area contributed by atoms with Gasteiger partial charge < -0.3 is 20.3 Å². The molecule has 26 heavy (non-hydrogen) atoms. The summed E-state index contributed by atoms with van der Waals surface area (Å²) >= 11 is 5.33. The van der Waals surface area contributed by atoms with Crippen molar-refractivity contribution in [1.82, 2.24) is 5.32 Å². The van der Waals surface area contributed by atoms with Gasteiger partial charge in [0.1, 0.15) is 11.8 Å². The van der Waals surface area contributed by atoms with Gasteiger partial charge in [0.05, 0.1) is 32.7 Å². The van der Waals surface area contributed by atoms with E-state index in [2.05, 4.69) is 24.7 Å². The molecule has 0 radical (unpaired) electrons. The van der Waals surface area contributed by atoms with Crippen LogP contribution in [0.3, 0.4) is 0 Å². The Morgan fingerprint density at radius 2 is 1.81 bits per heavy atom. The third kappa shape index (κ3) is 5.40. The van der Waals surface area contributed by atoms with Gasteiger partial charge in [0.25, 0.3) is 5.69 Å². The number of quaternary nitrogens is 1. The van der Waals surface area contributed by atoms with Gasteiger partial charge in [-0.3, -0.25) is 10.1 Å². The van der Waals surface area contributed by atoms with E-state index in [1.807, 2.05) is 24.3 Å². The number of likely N-dealkylation sites (N-methyl/N-ethyl adjacent to an activating group) is 1. The van der Waals surface area contributed by atoms with Gasteiger partial charge in [0.2, 0.25) is 0 Å². The zero-order valence-corrected chi connectivity index (χ0v) is 15.8. The van der Waals surface area contributed by atoms with Crippen molar-refractivity contribution in [2.24, 2.45) is 0 Å². The summed E-state index contributed by atoms with van der Waals surface area (Å²) in [7, 11) is 5.82. The Kier molecular flexibility index (Phi) is 6.88. The molecule has 7 nitrogen and oxygen atoms in total. The van der Waals surface area contributed by atoms with Gasteiger partial charge in [-0.1, -0.05) is 0 Å². The van der Waals surface area contributed by atoms with Crippen LogP contribution in [0, 0.1) is 10.1 Å². The van der Waals surface area contributed by atoms with Crippen LogP contribution in [-0.4, -0.2) is 37.8 Å². The topological polar surface area (TPSA) is 80.9 Å². The number of nitro benzene ring substituents is 1. The van der Waals surface area contributed by atoms with Gasteiger partial charge in [-0.05, 0) is 48.6 Å². The molecule has 3 N–H and O–H groups in total. The van der Waals surface area contributed by atoms with E-state index in [0.29, 0.717) is 17.3 Å². The van der Waals surface area contributed by atoms with Crippen molar-refractivity contribution in [3.63, 3.8) is 0 Å². The average molecular weight is 375 g/mol. The molecule has 8 heteroatoms. The first kappa shape index (κ1) is 19.6. The molecule has 0 bridgehead atoms. The van der Waals surface area contributed by atoms with Crippen molar-refractivity contribution in [2.45, 2.75) is 6.04 Å². The summed E-state index contributed by atoms with van der Waals surface area (Å²) < 4.78 is 5.20. The molecule has 138 valence electrons. The molecule has 0 saturated heterocycles. The molecule has 1 atom stereocenters. The van der Waals surface area contributed by atoms with E-state index in [1.165, 1.54) is 22.6 Å². The number of nitrogens with one attached hydrogen (secondary N) is 3. The number of non-ortho nitro benzene ring substituents is 1. The summed E-state index contributed by atoms with van der Waals surface area (Å²) in [6, 6.07) is 14.3. The molecule has 0 amide bonds. The molecular weight excluding hydrogens is 352 g/mol. The molecule has 2 aromatic rings. The Hall–Kier alpha value is -2.71. The fourth-order valence-corrected chi connectivity index (χ4v) is 2.73. The zero-order chi connectivity index (χ0) is 19.1. The lowest BCUT2D eigenvalue weighted by molar-refractivity contribution is -0.890. The minimum atomic E-state index is -0.431. The van der Waals surface area contributed by atoms with E-state index in [1.54, 1.807) is 19.2 Å². The van der Waals surface area contributed by atoms with Crippen LogP contribution in [0.1, 0.15) is 11.6 Å². The highest BCUT2D eigenvalue weighted by Crippen LogP contribution is 2.16. The molecule has 0 aliphatic carbocycles. The minimum absolute atomic E-state index is 0.0465. The molecular formula is C18H23N4O3S+. The second-order valence-electron chi connectivity index (χ2n) is 6.04. The van der Waals surface area contributed by atoms with E-state index in [9.17, 15) is 10.1 Å². The molecule has 0 aliphatic heterocycles. The number of nitro groups is 1. The van der Waals surface area contributed by atoms with E-state index in [4.69, 9.17) is 17.0 Å². The Morgan fingerprint density at radius 1 is 1.19 bits per heavy atom. The van der Waals surface area contributed by atoms with Crippen molar-refractivity contribution in [1.29, 1.82) is 0 Å². The normalized spacial score (nSPS) is 11.7. The van der Waals surface area contributed by atoms with Gasteiger partial charge in [-0.2, -0.15) is 0 Å². The van der Waals surface area contributed by atoms with Crippen LogP contribution in [-0.2, 0) is 0 Å². The van der Waals surface area contributed by atoms with Gasteiger partial charge in [0, 0.05) is 23.4 Å². The largest absolute Gasteiger partial charge is 0.497 e. The van der Waals surface area contributed by atoms with Crippen LogP contribution in [0.15, 0.2) is 48.5 Å². The number of thiocarbonyl (C=S) groups is 1. The Bertz CT molecular complexity index is 748. The lowest BCUT2D eigenvalue weighted by atomic mass is 10.1. The van der Waals surface area contributed by atoms with Gasteiger partial charge in [0.15, 0.2) is 5.11 Å². The third-order valence-electron chi connectivity index (χ3n) is 4.02. The first-order valence-electron chi connectivity index (χ1n) is 8.14. The Balaban J connectivity index is 1.95. The monoisotopic (exact) mass is 375 g/mol. The molecule has 0 heterocycles. The summed E-state index contributed by atoms with van der Waals surface area (Å²) in [5.74, 6) is 0.824. The highest BCUT2D eigenvalue weighted by molar-refractivity contribution is 7.80. The zero-order valence-electron chi connectivity index (χ0n) is 15.0. The molecule has 0 unspecified atom stereocenters. The minimum Gasteiger partial charge on any atom is -0.497 e. The summed E-state index contributed by atoms with van der Waals surface area (Å²) in [6.45, 7) is 0.646. The predicted octanol–water partition coefficient (Wildman–Crippen LogP) is 1.78. The number of nitrogens with zero attached hydrogens (tertiary/aromatic N) is 1. The average Bonchev–Trinajstić information content (AvgIpc) is 2.62. The highest BCUT2D eigenvalue weighted by Gasteiger charge is 2.18. The van der Waals surface area contributed by atoms with Crippen LogP contribution in [0.25, 0.3) is 0 Å². The van der Waals surface area contributed by atoms with E-state index in [-0.39, 0.29) is 11.7 Å². The number of hydrogen-bond donors (Lipinski definition) is 3. The van der Waals surface area contributed by atoms with Crippen LogP contribution >= 0.6 is 12.2 Å². The first-order valence-corrected chi connectivity index (χ1v) is 8.55. The SMILES string of the molecule is COc1ccc([C@@H](CNC(=S)Nc2ccc([N+](=O)[O-])cc2)[NH+](C)C)cc1. The molecule has 0 aromatic heterocycles. The number of benzene rings is 2. The fourth-order valence-electron chi connectivity index (χ4n) is 2.53. The lowest BCUT2D eigenvalue weighted by Crippen LogP contribution is -3.07. The van der Waals surface area contributed by atoms with Gasteiger partial charge >= 0.3 is 0 Å². The van der Waals surface area contributed by atoms with Gasteiger partial charge in [-0.25, -0.2) is 0 Å². The second kappa shape index (κ2) is 9.12. The van der Waals surface area contributed by atoms with Crippen molar-refractivity contribution in [3.8, 4) is 5.75 Å². The maximum atomic E-state index is 10.7.